The van der Waals surface area contributed by atoms with E-state index < -0.39 is 5.97 Å². The average molecular weight is 288 g/mol. The maximum Gasteiger partial charge on any atom is 0.357 e. The van der Waals surface area contributed by atoms with Crippen LogP contribution in [0.15, 0.2) is 5.38 Å². The van der Waals surface area contributed by atoms with E-state index in [0.717, 1.165) is 31.1 Å². The number of anilines is 1. The second-order valence-corrected chi connectivity index (χ2v) is 4.63. The van der Waals surface area contributed by atoms with Crippen LogP contribution in [-0.4, -0.2) is 51.5 Å². The van der Waals surface area contributed by atoms with E-state index in [1.54, 1.807) is 12.5 Å². The summed E-state index contributed by atoms with van der Waals surface area (Å²) in [6.45, 7) is 2.81. The molecule has 0 radical (unpaired) electrons. The summed E-state index contributed by atoms with van der Waals surface area (Å²) in [6.07, 6.45) is 1.96. The van der Waals surface area contributed by atoms with Gasteiger partial charge >= 0.3 is 5.97 Å². The Balaban J connectivity index is 2.06. The highest BCUT2D eigenvalue weighted by atomic mass is 32.1. The number of ether oxygens (including phenoxy) is 3. The average Bonchev–Trinajstić information content (AvgIpc) is 2.89. The van der Waals surface area contributed by atoms with Gasteiger partial charge in [0.05, 0.1) is 20.3 Å². The van der Waals surface area contributed by atoms with Crippen molar-refractivity contribution in [2.45, 2.75) is 12.8 Å². The van der Waals surface area contributed by atoms with Gasteiger partial charge in [0.25, 0.3) is 0 Å². The summed E-state index contributed by atoms with van der Waals surface area (Å²) in [5.41, 5.74) is 0.345. The van der Waals surface area contributed by atoms with Gasteiger partial charge < -0.3 is 19.5 Å². The molecule has 19 heavy (non-hydrogen) atoms. The van der Waals surface area contributed by atoms with Crippen LogP contribution >= 0.6 is 11.3 Å². The lowest BCUT2D eigenvalue weighted by Crippen LogP contribution is -2.06. The van der Waals surface area contributed by atoms with Crippen molar-refractivity contribution >= 4 is 22.4 Å². The molecule has 108 valence electrons. The van der Waals surface area contributed by atoms with Gasteiger partial charge in [0.15, 0.2) is 10.8 Å². The van der Waals surface area contributed by atoms with E-state index >= 15 is 0 Å². The lowest BCUT2D eigenvalue weighted by molar-refractivity contribution is 0.0595. The molecule has 0 spiro atoms. The highest BCUT2D eigenvalue weighted by Crippen LogP contribution is 2.15. The smallest absolute Gasteiger partial charge is 0.357 e. The largest absolute Gasteiger partial charge is 0.464 e. The predicted octanol–water partition coefficient (Wildman–Crippen LogP) is 1.78. The first-order chi connectivity index (χ1) is 9.27. The number of hydrogen-bond acceptors (Lipinski definition) is 7. The molecule has 0 aliphatic rings. The molecule has 0 unspecified atom stereocenters. The van der Waals surface area contributed by atoms with Gasteiger partial charge in [-0.1, -0.05) is 0 Å². The van der Waals surface area contributed by atoms with Crippen LogP contribution in [0.1, 0.15) is 23.3 Å². The third kappa shape index (κ3) is 6.51. The molecular weight excluding hydrogens is 268 g/mol. The van der Waals surface area contributed by atoms with Crippen LogP contribution in [-0.2, 0) is 14.2 Å². The van der Waals surface area contributed by atoms with Gasteiger partial charge in [0, 0.05) is 25.6 Å². The Bertz CT molecular complexity index is 370. The van der Waals surface area contributed by atoms with Crippen molar-refractivity contribution in [2.75, 3.05) is 45.9 Å². The summed E-state index contributed by atoms with van der Waals surface area (Å²) >= 11 is 1.40. The Morgan fingerprint density at radius 3 is 2.89 bits per heavy atom. The Morgan fingerprint density at radius 1 is 1.32 bits per heavy atom. The van der Waals surface area contributed by atoms with E-state index in [1.165, 1.54) is 18.4 Å². The molecule has 1 aromatic rings. The highest BCUT2D eigenvalue weighted by Gasteiger charge is 2.09. The number of methoxy groups -OCH3 is 2. The molecule has 0 atom stereocenters. The molecule has 0 bridgehead atoms. The molecule has 0 fully saturated rings. The normalized spacial score (nSPS) is 10.4. The van der Waals surface area contributed by atoms with E-state index in [0.29, 0.717) is 18.9 Å². The Hall–Kier alpha value is -1.18. The summed E-state index contributed by atoms with van der Waals surface area (Å²) in [7, 11) is 3.00. The van der Waals surface area contributed by atoms with Crippen LogP contribution in [0.25, 0.3) is 0 Å². The summed E-state index contributed by atoms with van der Waals surface area (Å²) < 4.78 is 14.8. The van der Waals surface area contributed by atoms with Crippen molar-refractivity contribution in [1.29, 1.82) is 0 Å². The maximum absolute atomic E-state index is 11.2. The monoisotopic (exact) mass is 288 g/mol. The second kappa shape index (κ2) is 9.71. The molecule has 0 aliphatic carbocycles. The number of esters is 1. The van der Waals surface area contributed by atoms with E-state index in [4.69, 9.17) is 9.47 Å². The Morgan fingerprint density at radius 2 is 2.16 bits per heavy atom. The van der Waals surface area contributed by atoms with Gasteiger partial charge in [-0.3, -0.25) is 0 Å². The molecule has 0 saturated heterocycles. The zero-order chi connectivity index (χ0) is 13.9. The standard InChI is InChI=1S/C12H20N2O4S/c1-16-7-8-18-6-4-3-5-13-12-14-10(9-19-12)11(15)17-2/h9H,3-8H2,1-2H3,(H,13,14). The van der Waals surface area contributed by atoms with Crippen LogP contribution in [0.4, 0.5) is 5.13 Å². The highest BCUT2D eigenvalue weighted by molar-refractivity contribution is 7.13. The molecule has 1 rings (SSSR count). The van der Waals surface area contributed by atoms with Gasteiger partial charge in [-0.2, -0.15) is 0 Å². The Labute approximate surface area is 117 Å². The molecular formula is C12H20N2O4S. The minimum Gasteiger partial charge on any atom is -0.464 e. The molecule has 1 N–H and O–H groups in total. The first-order valence-electron chi connectivity index (χ1n) is 6.12. The quantitative estimate of drug-likeness (QED) is 0.523. The van der Waals surface area contributed by atoms with Gasteiger partial charge in [0.2, 0.25) is 0 Å². The van der Waals surface area contributed by atoms with E-state index in [-0.39, 0.29) is 0 Å². The molecule has 6 nitrogen and oxygen atoms in total. The Kier molecular flexibility index (Phi) is 8.11. The van der Waals surface area contributed by atoms with Crippen molar-refractivity contribution in [3.63, 3.8) is 0 Å². The lowest BCUT2D eigenvalue weighted by atomic mass is 10.3. The molecule has 0 aromatic carbocycles. The van der Waals surface area contributed by atoms with E-state index in [9.17, 15) is 4.79 Å². The van der Waals surface area contributed by atoms with Crippen molar-refractivity contribution in [2.24, 2.45) is 0 Å². The molecule has 0 aliphatic heterocycles. The number of carbonyl (C=O) groups is 1. The first-order valence-corrected chi connectivity index (χ1v) is 7.00. The fourth-order valence-corrected chi connectivity index (χ4v) is 2.03. The van der Waals surface area contributed by atoms with Crippen LogP contribution in [0.2, 0.25) is 0 Å². The van der Waals surface area contributed by atoms with Gasteiger partial charge in [-0.25, -0.2) is 9.78 Å². The minimum atomic E-state index is -0.407. The number of carbonyl (C=O) groups excluding carboxylic acids is 1. The fraction of sp³-hybridized carbons (Fsp3) is 0.667. The lowest BCUT2D eigenvalue weighted by Gasteiger charge is -2.04. The number of thiazole rings is 1. The summed E-state index contributed by atoms with van der Waals surface area (Å²) in [4.78, 5) is 15.3. The van der Waals surface area contributed by atoms with Crippen molar-refractivity contribution < 1.29 is 19.0 Å². The van der Waals surface area contributed by atoms with Crippen LogP contribution < -0.4 is 5.32 Å². The number of hydrogen-bond donors (Lipinski definition) is 1. The fourth-order valence-electron chi connectivity index (χ4n) is 1.32. The number of unbranched alkanes of at least 4 members (excludes halogenated alkanes) is 1. The van der Waals surface area contributed by atoms with Crippen molar-refractivity contribution in [3.8, 4) is 0 Å². The van der Waals surface area contributed by atoms with Crippen LogP contribution in [0.5, 0.6) is 0 Å². The molecule has 0 saturated carbocycles. The summed E-state index contributed by atoms with van der Waals surface area (Å²) in [5.74, 6) is -0.407. The number of nitrogens with zero attached hydrogens (tertiary/aromatic N) is 1. The second-order valence-electron chi connectivity index (χ2n) is 3.77. The van der Waals surface area contributed by atoms with Crippen LogP contribution in [0.3, 0.4) is 0 Å². The molecule has 0 amide bonds. The third-order valence-electron chi connectivity index (χ3n) is 2.32. The zero-order valence-corrected chi connectivity index (χ0v) is 12.1. The number of rotatable bonds is 10. The zero-order valence-electron chi connectivity index (χ0n) is 11.3. The van der Waals surface area contributed by atoms with E-state index in [2.05, 4.69) is 15.0 Å². The van der Waals surface area contributed by atoms with Crippen molar-refractivity contribution in [3.05, 3.63) is 11.1 Å². The first kappa shape index (κ1) is 15.9. The maximum atomic E-state index is 11.2. The third-order valence-corrected chi connectivity index (χ3v) is 3.12. The predicted molar refractivity (Wildman–Crippen MR) is 73.9 cm³/mol. The van der Waals surface area contributed by atoms with Gasteiger partial charge in [-0.05, 0) is 12.8 Å². The molecule has 7 heteroatoms. The molecule has 1 heterocycles. The topological polar surface area (TPSA) is 69.7 Å². The SMILES string of the molecule is COCCOCCCCNc1nc(C(=O)OC)cs1. The number of nitrogens with one attached hydrogen (secondary N) is 1. The van der Waals surface area contributed by atoms with E-state index in [1.807, 2.05) is 0 Å². The summed E-state index contributed by atoms with van der Waals surface area (Å²) in [5, 5.41) is 5.58. The summed E-state index contributed by atoms with van der Waals surface area (Å²) in [6, 6.07) is 0. The van der Waals surface area contributed by atoms with Gasteiger partial charge in [-0.15, -0.1) is 11.3 Å². The van der Waals surface area contributed by atoms with Crippen LogP contribution in [0, 0.1) is 0 Å². The minimum absolute atomic E-state index is 0.345. The number of aromatic nitrogens is 1. The molecule has 1 aromatic heterocycles. The van der Waals surface area contributed by atoms with Gasteiger partial charge in [0.1, 0.15) is 0 Å². The van der Waals surface area contributed by atoms with Crippen molar-refractivity contribution in [1.82, 2.24) is 4.98 Å².